The van der Waals surface area contributed by atoms with E-state index in [1.165, 1.54) is 0 Å². The Morgan fingerprint density at radius 1 is 1.37 bits per heavy atom. The van der Waals surface area contributed by atoms with Crippen molar-refractivity contribution in [1.82, 2.24) is 5.32 Å². The predicted molar refractivity (Wildman–Crippen MR) is 81.6 cm³/mol. The predicted octanol–water partition coefficient (Wildman–Crippen LogP) is 3.35. The maximum Gasteiger partial charge on any atom is 0.319 e. The first kappa shape index (κ1) is 16.0. The van der Waals surface area contributed by atoms with Crippen molar-refractivity contribution in [3.05, 3.63) is 27.7 Å². The highest BCUT2D eigenvalue weighted by atomic mass is 79.9. The molecule has 4 nitrogen and oxygen atoms in total. The van der Waals surface area contributed by atoms with E-state index in [4.69, 9.17) is 0 Å². The van der Waals surface area contributed by atoms with Gasteiger partial charge in [-0.05, 0) is 50.5 Å². The number of carbonyl (C=O) groups is 1. The zero-order valence-electron chi connectivity index (χ0n) is 11.8. The average molecular weight is 329 g/mol. The molecule has 1 aromatic rings. The number of nitrogens with one attached hydrogen (secondary N) is 2. The summed E-state index contributed by atoms with van der Waals surface area (Å²) in [5.74, 6) is 0. The van der Waals surface area contributed by atoms with Gasteiger partial charge in [0.25, 0.3) is 0 Å². The minimum absolute atomic E-state index is 0.226. The molecule has 3 N–H and O–H groups in total. The molecule has 0 spiro atoms. The molecule has 0 fully saturated rings. The molecule has 2 amide bonds. The van der Waals surface area contributed by atoms with E-state index < -0.39 is 5.60 Å². The summed E-state index contributed by atoms with van der Waals surface area (Å²) in [4.78, 5) is 11.8. The highest BCUT2D eigenvalue weighted by Crippen LogP contribution is 2.24. The number of carbonyl (C=O) groups excluding carboxylic acids is 1. The second-order valence-corrected chi connectivity index (χ2v) is 5.99. The van der Waals surface area contributed by atoms with Gasteiger partial charge in [-0.3, -0.25) is 0 Å². The van der Waals surface area contributed by atoms with E-state index >= 15 is 0 Å². The van der Waals surface area contributed by atoms with Gasteiger partial charge in [-0.15, -0.1) is 0 Å². The first-order chi connectivity index (χ1) is 8.75. The second kappa shape index (κ2) is 6.39. The van der Waals surface area contributed by atoms with Crippen LogP contribution in [-0.2, 0) is 0 Å². The van der Waals surface area contributed by atoms with Gasteiger partial charge in [-0.2, -0.15) is 0 Å². The third-order valence-electron chi connectivity index (χ3n) is 3.13. The molecule has 0 radical (unpaired) electrons. The van der Waals surface area contributed by atoms with E-state index in [-0.39, 0.29) is 12.6 Å². The minimum Gasteiger partial charge on any atom is -0.388 e. The van der Waals surface area contributed by atoms with E-state index in [2.05, 4.69) is 26.6 Å². The average Bonchev–Trinajstić information content (AvgIpc) is 2.31. The van der Waals surface area contributed by atoms with Crippen LogP contribution in [0.25, 0.3) is 0 Å². The van der Waals surface area contributed by atoms with Crippen molar-refractivity contribution < 1.29 is 9.90 Å². The molecule has 0 aliphatic rings. The van der Waals surface area contributed by atoms with E-state index in [1.807, 2.05) is 32.9 Å². The zero-order valence-corrected chi connectivity index (χ0v) is 13.4. The van der Waals surface area contributed by atoms with E-state index in [0.717, 1.165) is 21.3 Å². The maximum atomic E-state index is 11.8. The topological polar surface area (TPSA) is 61.4 Å². The number of rotatable bonds is 4. The molecule has 0 saturated carbocycles. The Bertz CT molecular complexity index is 450. The van der Waals surface area contributed by atoms with Crippen LogP contribution in [0.1, 0.15) is 31.4 Å². The number of amides is 2. The number of hydrogen-bond donors (Lipinski definition) is 3. The van der Waals surface area contributed by atoms with Gasteiger partial charge in [0.1, 0.15) is 0 Å². The summed E-state index contributed by atoms with van der Waals surface area (Å²) >= 11 is 3.42. The van der Waals surface area contributed by atoms with Gasteiger partial charge >= 0.3 is 6.03 Å². The Hall–Kier alpha value is -1.07. The van der Waals surface area contributed by atoms with E-state index in [9.17, 15) is 9.90 Å². The van der Waals surface area contributed by atoms with Crippen molar-refractivity contribution in [2.75, 3.05) is 11.9 Å². The second-order valence-electron chi connectivity index (χ2n) is 5.07. The molecule has 0 bridgehead atoms. The number of benzene rings is 1. The summed E-state index contributed by atoms with van der Waals surface area (Å²) in [7, 11) is 0. The first-order valence-electron chi connectivity index (χ1n) is 6.29. The molecule has 1 rings (SSSR count). The SMILES string of the molecule is CCC(C)(O)CNC(=O)Nc1c(C)cc(Br)cc1C. The Morgan fingerprint density at radius 2 is 1.89 bits per heavy atom. The van der Waals surface area contributed by atoms with Gasteiger partial charge in [0.15, 0.2) is 0 Å². The lowest BCUT2D eigenvalue weighted by molar-refractivity contribution is 0.0587. The largest absolute Gasteiger partial charge is 0.388 e. The summed E-state index contributed by atoms with van der Waals surface area (Å²) in [6.07, 6.45) is 0.587. The highest BCUT2D eigenvalue weighted by Gasteiger charge is 2.18. The van der Waals surface area contributed by atoms with Gasteiger partial charge in [0, 0.05) is 16.7 Å². The summed E-state index contributed by atoms with van der Waals surface area (Å²) in [5, 5.41) is 15.3. The molecule has 0 aliphatic heterocycles. The molecule has 19 heavy (non-hydrogen) atoms. The summed E-state index contributed by atoms with van der Waals surface area (Å²) in [6, 6.07) is 3.59. The molecule has 5 heteroatoms. The summed E-state index contributed by atoms with van der Waals surface area (Å²) in [5.41, 5.74) is 1.91. The Balaban J connectivity index is 2.68. The van der Waals surface area contributed by atoms with Gasteiger partial charge in [-0.25, -0.2) is 4.79 Å². The van der Waals surface area contributed by atoms with Gasteiger partial charge < -0.3 is 15.7 Å². The fraction of sp³-hybridized carbons (Fsp3) is 0.500. The van der Waals surface area contributed by atoms with Gasteiger partial charge in [-0.1, -0.05) is 22.9 Å². The lowest BCUT2D eigenvalue weighted by Crippen LogP contribution is -2.42. The summed E-state index contributed by atoms with van der Waals surface area (Å²) in [6.45, 7) is 7.68. The highest BCUT2D eigenvalue weighted by molar-refractivity contribution is 9.10. The molecular formula is C14H21BrN2O2. The van der Waals surface area contributed by atoms with E-state index in [1.54, 1.807) is 6.92 Å². The van der Waals surface area contributed by atoms with Crippen molar-refractivity contribution in [2.45, 2.75) is 39.7 Å². The normalized spacial score (nSPS) is 13.8. The van der Waals surface area contributed by atoms with Crippen LogP contribution in [-0.4, -0.2) is 23.3 Å². The molecule has 0 saturated heterocycles. The van der Waals surface area contributed by atoms with Crippen molar-refractivity contribution >= 4 is 27.6 Å². The molecule has 0 heterocycles. The first-order valence-corrected chi connectivity index (χ1v) is 7.08. The zero-order chi connectivity index (χ0) is 14.6. The van der Waals surface area contributed by atoms with Crippen LogP contribution < -0.4 is 10.6 Å². The molecule has 1 aromatic carbocycles. The van der Waals surface area contributed by atoms with Crippen LogP contribution in [0.4, 0.5) is 10.5 Å². The monoisotopic (exact) mass is 328 g/mol. The Labute approximate surface area is 122 Å². The number of hydrogen-bond acceptors (Lipinski definition) is 2. The number of urea groups is 1. The van der Waals surface area contributed by atoms with Crippen LogP contribution in [0.15, 0.2) is 16.6 Å². The third-order valence-corrected chi connectivity index (χ3v) is 3.59. The number of aliphatic hydroxyl groups is 1. The third kappa shape index (κ3) is 4.84. The van der Waals surface area contributed by atoms with Crippen molar-refractivity contribution in [2.24, 2.45) is 0 Å². The molecular weight excluding hydrogens is 308 g/mol. The quantitative estimate of drug-likeness (QED) is 0.793. The van der Waals surface area contributed by atoms with E-state index in [0.29, 0.717) is 6.42 Å². The fourth-order valence-corrected chi connectivity index (χ4v) is 2.35. The molecule has 0 aromatic heterocycles. The minimum atomic E-state index is -0.874. The fourth-order valence-electron chi connectivity index (χ4n) is 1.66. The van der Waals surface area contributed by atoms with Crippen LogP contribution in [0.2, 0.25) is 0 Å². The number of aryl methyl sites for hydroxylation is 2. The maximum absolute atomic E-state index is 11.8. The van der Waals surface area contributed by atoms with Crippen molar-refractivity contribution in [3.8, 4) is 0 Å². The van der Waals surface area contributed by atoms with Crippen LogP contribution in [0.5, 0.6) is 0 Å². The standard InChI is InChI=1S/C14H21BrN2O2/c1-5-14(4,19)8-16-13(18)17-12-9(2)6-11(15)7-10(12)3/h6-7,19H,5,8H2,1-4H3,(H2,16,17,18). The summed E-state index contributed by atoms with van der Waals surface area (Å²) < 4.78 is 0.988. The lowest BCUT2D eigenvalue weighted by atomic mass is 10.0. The lowest BCUT2D eigenvalue weighted by Gasteiger charge is -2.22. The molecule has 0 aliphatic carbocycles. The number of anilines is 1. The Kier molecular flexibility index (Phi) is 5.38. The molecule has 106 valence electrons. The number of halogens is 1. The smallest absolute Gasteiger partial charge is 0.319 e. The van der Waals surface area contributed by atoms with Crippen LogP contribution in [0, 0.1) is 13.8 Å². The van der Waals surface area contributed by atoms with Crippen LogP contribution >= 0.6 is 15.9 Å². The van der Waals surface area contributed by atoms with Gasteiger partial charge in [0.05, 0.1) is 5.60 Å². The molecule has 1 atom stereocenters. The van der Waals surface area contributed by atoms with Crippen molar-refractivity contribution in [1.29, 1.82) is 0 Å². The van der Waals surface area contributed by atoms with Gasteiger partial charge in [0.2, 0.25) is 0 Å². The van der Waals surface area contributed by atoms with Crippen LogP contribution in [0.3, 0.4) is 0 Å². The Morgan fingerprint density at radius 3 is 2.37 bits per heavy atom. The van der Waals surface area contributed by atoms with Crippen molar-refractivity contribution in [3.63, 3.8) is 0 Å². The molecule has 1 unspecified atom stereocenters.